The van der Waals surface area contributed by atoms with Crippen LogP contribution in [0.25, 0.3) is 16.8 Å². The Hall–Kier alpha value is -4.75. The summed E-state index contributed by atoms with van der Waals surface area (Å²) in [4.78, 5) is 35.4. The minimum atomic E-state index is -1.02. The maximum Gasteiger partial charge on any atom is 0.278 e. The average Bonchev–Trinajstić information content (AvgIpc) is 3.41. The Balaban J connectivity index is 1.40. The Kier molecular flexibility index (Phi) is 8.20. The third-order valence-corrected chi connectivity index (χ3v) is 7.05. The molecule has 4 heterocycles. The molecule has 1 aliphatic rings. The van der Waals surface area contributed by atoms with E-state index < -0.39 is 41.6 Å². The van der Waals surface area contributed by atoms with Gasteiger partial charge in [0, 0.05) is 23.5 Å². The topological polar surface area (TPSA) is 145 Å². The van der Waals surface area contributed by atoms with Crippen molar-refractivity contribution in [3.8, 4) is 17.0 Å². The molecule has 3 aromatic heterocycles. The van der Waals surface area contributed by atoms with Gasteiger partial charge in [-0.2, -0.15) is 5.10 Å². The van der Waals surface area contributed by atoms with Gasteiger partial charge in [0.2, 0.25) is 11.9 Å². The average molecular weight is 610 g/mol. The molecule has 0 radical (unpaired) electrons. The van der Waals surface area contributed by atoms with Gasteiger partial charge < -0.3 is 25.2 Å². The minimum Gasteiger partial charge on any atom is -0.497 e. The largest absolute Gasteiger partial charge is 0.497 e. The molecule has 0 bridgehead atoms. The van der Waals surface area contributed by atoms with E-state index in [0.29, 0.717) is 16.8 Å². The van der Waals surface area contributed by atoms with Gasteiger partial charge in [0.05, 0.1) is 42.9 Å². The molecule has 2 atom stereocenters. The number of aliphatic hydroxyl groups excluding tert-OH is 1. The Morgan fingerprint density at radius 2 is 2.07 bits per heavy atom. The van der Waals surface area contributed by atoms with Gasteiger partial charge in [0.1, 0.15) is 35.1 Å². The Morgan fingerprint density at radius 1 is 1.28 bits per heavy atom. The lowest BCUT2D eigenvalue weighted by Crippen LogP contribution is -2.39. The number of nitrogens with zero attached hydrogens (tertiary/aromatic N) is 5. The number of rotatable bonds is 9. The number of fused-ring (bicyclic) bond motifs is 1. The summed E-state index contributed by atoms with van der Waals surface area (Å²) < 4.78 is 27.2. The van der Waals surface area contributed by atoms with E-state index in [1.165, 1.54) is 49.3 Å². The second kappa shape index (κ2) is 11.9. The zero-order valence-electron chi connectivity index (χ0n) is 23.7. The van der Waals surface area contributed by atoms with Crippen LogP contribution in [-0.2, 0) is 9.53 Å². The summed E-state index contributed by atoms with van der Waals surface area (Å²) in [6.45, 7) is 4.83. The third-order valence-electron chi connectivity index (χ3n) is 6.78. The molecule has 1 aromatic carbocycles. The molecule has 4 aromatic rings. The van der Waals surface area contributed by atoms with Crippen LogP contribution < -0.4 is 20.9 Å². The number of carbonyl (C=O) groups excluding carboxylic acids is 1. The van der Waals surface area contributed by atoms with E-state index >= 15 is 0 Å². The van der Waals surface area contributed by atoms with Crippen LogP contribution >= 0.6 is 11.6 Å². The van der Waals surface area contributed by atoms with Crippen molar-refractivity contribution in [3.63, 3.8) is 0 Å². The monoisotopic (exact) mass is 609 g/mol. The smallest absolute Gasteiger partial charge is 0.278 e. The van der Waals surface area contributed by atoms with Crippen molar-refractivity contribution in [2.45, 2.75) is 38.5 Å². The molecule has 0 unspecified atom stereocenters. The second-order valence-electron chi connectivity index (χ2n) is 10.4. The van der Waals surface area contributed by atoms with E-state index in [-0.39, 0.29) is 22.2 Å². The van der Waals surface area contributed by atoms with Crippen molar-refractivity contribution in [1.82, 2.24) is 29.5 Å². The van der Waals surface area contributed by atoms with Gasteiger partial charge in [0.25, 0.3) is 5.56 Å². The molecule has 5 rings (SSSR count). The predicted octanol–water partition coefficient (Wildman–Crippen LogP) is 3.78. The zero-order chi connectivity index (χ0) is 30.9. The van der Waals surface area contributed by atoms with Crippen molar-refractivity contribution >= 4 is 29.0 Å². The first kappa shape index (κ1) is 29.7. The second-order valence-corrected chi connectivity index (χ2v) is 10.8. The highest BCUT2D eigenvalue weighted by atomic mass is 35.5. The molecular formula is C29H29ClFN7O5. The summed E-state index contributed by atoms with van der Waals surface area (Å²) in [5, 5.41) is 20.2. The number of aliphatic hydroxyl groups is 1. The molecule has 0 saturated carbocycles. The van der Waals surface area contributed by atoms with E-state index in [0.717, 1.165) is 10.3 Å². The lowest BCUT2D eigenvalue weighted by molar-refractivity contribution is -0.125. The number of aromatic nitrogens is 5. The molecule has 0 saturated heterocycles. The zero-order valence-corrected chi connectivity index (χ0v) is 24.5. The molecule has 14 heteroatoms. The minimum absolute atomic E-state index is 0.173. The Bertz CT molecular complexity index is 1820. The SMILES string of the molecule is COc1cc(F)cc([C@@H](CO)NC(=O)[C@H](C)n2cnn3cc(-c4nc(NC5=CC(C)(C)OC=C5)ncc4Cl)cc3c2=O)c1. The van der Waals surface area contributed by atoms with Crippen LogP contribution in [0.2, 0.25) is 5.02 Å². The number of allylic oxidation sites excluding steroid dienone is 1. The normalized spacial score (nSPS) is 15.4. The molecule has 12 nitrogen and oxygen atoms in total. The van der Waals surface area contributed by atoms with Gasteiger partial charge in [-0.3, -0.25) is 14.2 Å². The van der Waals surface area contributed by atoms with Crippen LogP contribution in [0.5, 0.6) is 5.75 Å². The van der Waals surface area contributed by atoms with Gasteiger partial charge >= 0.3 is 0 Å². The molecule has 0 spiro atoms. The van der Waals surface area contributed by atoms with Crippen molar-refractivity contribution < 1.29 is 23.8 Å². The van der Waals surface area contributed by atoms with Gasteiger partial charge in [-0.25, -0.2) is 18.9 Å². The Labute approximate surface area is 250 Å². The van der Waals surface area contributed by atoms with Crippen LogP contribution in [0.1, 0.15) is 38.4 Å². The highest BCUT2D eigenvalue weighted by molar-refractivity contribution is 6.32. The van der Waals surface area contributed by atoms with Crippen LogP contribution in [0.4, 0.5) is 10.3 Å². The quantitative estimate of drug-likeness (QED) is 0.258. The molecule has 1 amide bonds. The van der Waals surface area contributed by atoms with Crippen LogP contribution in [0, 0.1) is 5.82 Å². The summed E-state index contributed by atoms with van der Waals surface area (Å²) in [6.07, 6.45) is 9.51. The fourth-order valence-electron chi connectivity index (χ4n) is 4.54. The molecule has 224 valence electrons. The number of benzene rings is 1. The van der Waals surface area contributed by atoms with E-state index in [1.807, 2.05) is 19.9 Å². The Morgan fingerprint density at radius 3 is 2.79 bits per heavy atom. The summed E-state index contributed by atoms with van der Waals surface area (Å²) in [5.74, 6) is -0.651. The first-order chi connectivity index (χ1) is 20.5. The van der Waals surface area contributed by atoms with Crippen LogP contribution in [-0.4, -0.2) is 54.5 Å². The maximum atomic E-state index is 14.0. The fraction of sp³-hybridized carbons (Fsp3) is 0.276. The lowest BCUT2D eigenvalue weighted by atomic mass is 10.1. The van der Waals surface area contributed by atoms with Crippen molar-refractivity contribution in [3.05, 3.63) is 93.9 Å². The number of anilines is 1. The number of hydrogen-bond donors (Lipinski definition) is 3. The van der Waals surface area contributed by atoms with Gasteiger partial charge in [-0.1, -0.05) is 11.6 Å². The van der Waals surface area contributed by atoms with Crippen LogP contribution in [0.3, 0.4) is 0 Å². The molecule has 0 aliphatic carbocycles. The number of nitrogens with one attached hydrogen (secondary N) is 2. The van der Waals surface area contributed by atoms with Gasteiger partial charge in [0.15, 0.2) is 0 Å². The lowest BCUT2D eigenvalue weighted by Gasteiger charge is -2.24. The summed E-state index contributed by atoms with van der Waals surface area (Å²) in [6, 6.07) is 3.49. The molecule has 1 aliphatic heterocycles. The number of methoxy groups -OCH3 is 1. The number of hydrogen-bond acceptors (Lipinski definition) is 9. The maximum absolute atomic E-state index is 14.0. The fourth-order valence-corrected chi connectivity index (χ4v) is 4.74. The first-order valence-corrected chi connectivity index (χ1v) is 13.6. The van der Waals surface area contributed by atoms with Crippen molar-refractivity contribution in [2.24, 2.45) is 0 Å². The van der Waals surface area contributed by atoms with Crippen molar-refractivity contribution in [1.29, 1.82) is 0 Å². The molecule has 0 fully saturated rings. The number of carbonyl (C=O) groups is 1. The number of halogens is 2. The molecule has 3 N–H and O–H groups in total. The van der Waals surface area contributed by atoms with E-state index in [9.17, 15) is 19.1 Å². The standard InChI is InChI=1S/C29H29ClFN7O5/c1-16(26(40)35-23(14-39)17-7-19(31)10-21(8-17)42-4)37-15-33-38-13-18(9-24(38)27(37)41)25-22(30)12-32-28(36-25)34-20-5-6-43-29(2,3)11-20/h5-13,15-16,23,39H,14H2,1-4H3,(H,35,40)(H,32,34,36)/t16-,23+/m0/s1. The predicted molar refractivity (Wildman–Crippen MR) is 157 cm³/mol. The molecular weight excluding hydrogens is 581 g/mol. The molecule has 43 heavy (non-hydrogen) atoms. The third kappa shape index (κ3) is 6.37. The van der Waals surface area contributed by atoms with E-state index in [2.05, 4.69) is 25.7 Å². The summed E-state index contributed by atoms with van der Waals surface area (Å²) in [7, 11) is 1.38. The first-order valence-electron chi connectivity index (χ1n) is 13.2. The van der Waals surface area contributed by atoms with E-state index in [4.69, 9.17) is 21.1 Å². The highest BCUT2D eigenvalue weighted by Gasteiger charge is 2.24. The van der Waals surface area contributed by atoms with Gasteiger partial charge in [-0.05, 0) is 56.7 Å². The highest BCUT2D eigenvalue weighted by Crippen LogP contribution is 2.29. The van der Waals surface area contributed by atoms with Crippen molar-refractivity contribution in [2.75, 3.05) is 19.0 Å². The summed E-state index contributed by atoms with van der Waals surface area (Å²) >= 11 is 6.43. The van der Waals surface area contributed by atoms with E-state index in [1.54, 1.807) is 24.6 Å². The number of ether oxygens (including phenoxy) is 2. The number of amides is 1. The van der Waals surface area contributed by atoms with Crippen LogP contribution in [0.15, 0.2) is 71.9 Å². The van der Waals surface area contributed by atoms with Gasteiger partial charge in [-0.15, -0.1) is 0 Å². The summed E-state index contributed by atoms with van der Waals surface area (Å²) in [5.41, 5.74) is 1.09.